The molecule has 2 aromatic carbocycles. The minimum Gasteiger partial charge on any atom is -0.353 e. The molecular formula is C19H22N2O2S. The molecule has 0 spiro atoms. The first-order chi connectivity index (χ1) is 11.4. The highest BCUT2D eigenvalue weighted by molar-refractivity contribution is 7.89. The van der Waals surface area contributed by atoms with Crippen molar-refractivity contribution >= 4 is 20.8 Å². The minimum atomic E-state index is -3.56. The predicted molar refractivity (Wildman–Crippen MR) is 97.2 cm³/mol. The number of hydrogen-bond acceptors (Lipinski definition) is 2. The fourth-order valence-corrected chi connectivity index (χ4v) is 4.47. The van der Waals surface area contributed by atoms with Gasteiger partial charge in [-0.25, -0.2) is 8.42 Å². The first-order valence-electron chi connectivity index (χ1n) is 8.00. The summed E-state index contributed by atoms with van der Waals surface area (Å²) in [5.41, 5.74) is 0.966. The van der Waals surface area contributed by atoms with Gasteiger partial charge in [-0.05, 0) is 48.9 Å². The summed E-state index contributed by atoms with van der Waals surface area (Å²) >= 11 is 0. The number of sulfonamides is 1. The Hall–Kier alpha value is -2.11. The quantitative estimate of drug-likeness (QED) is 0.708. The number of hydrogen-bond donors (Lipinski definition) is 0. The largest absolute Gasteiger partial charge is 0.353 e. The standard InChI is InChI=1S/C19H22N2O2S/c1-15(2)21(14-18-9-6-12-20(18)3)24(22,23)19-11-10-16-7-4-5-8-17(16)13-19/h4-13,15H,14H2,1-3H3. The second kappa shape index (κ2) is 6.42. The van der Waals surface area contributed by atoms with Crippen molar-refractivity contribution in [2.24, 2.45) is 7.05 Å². The van der Waals surface area contributed by atoms with E-state index in [0.717, 1.165) is 16.5 Å². The Labute approximate surface area is 143 Å². The van der Waals surface area contributed by atoms with Crippen molar-refractivity contribution in [3.05, 3.63) is 66.5 Å². The number of rotatable bonds is 5. The van der Waals surface area contributed by atoms with Crippen LogP contribution < -0.4 is 0 Å². The molecule has 0 saturated heterocycles. The van der Waals surface area contributed by atoms with E-state index in [2.05, 4.69) is 0 Å². The maximum Gasteiger partial charge on any atom is 0.243 e. The summed E-state index contributed by atoms with van der Waals surface area (Å²) in [4.78, 5) is 0.337. The van der Waals surface area contributed by atoms with Crippen LogP contribution in [0.5, 0.6) is 0 Å². The number of nitrogens with zero attached hydrogens (tertiary/aromatic N) is 2. The average Bonchev–Trinajstić information content (AvgIpc) is 2.96. The van der Waals surface area contributed by atoms with Gasteiger partial charge in [0.1, 0.15) is 0 Å². The Kier molecular flexibility index (Phi) is 4.47. The Bertz CT molecular complexity index is 958. The third kappa shape index (κ3) is 3.09. The highest BCUT2D eigenvalue weighted by Crippen LogP contribution is 2.24. The van der Waals surface area contributed by atoms with Crippen LogP contribution >= 0.6 is 0 Å². The van der Waals surface area contributed by atoms with Crippen molar-refractivity contribution < 1.29 is 8.42 Å². The number of aromatic nitrogens is 1. The zero-order valence-corrected chi connectivity index (χ0v) is 15.0. The fraction of sp³-hybridized carbons (Fsp3) is 0.263. The molecule has 0 aliphatic carbocycles. The number of fused-ring (bicyclic) bond motifs is 1. The molecule has 0 radical (unpaired) electrons. The lowest BCUT2D eigenvalue weighted by atomic mass is 10.1. The van der Waals surface area contributed by atoms with Gasteiger partial charge in [0.15, 0.2) is 0 Å². The van der Waals surface area contributed by atoms with Crippen molar-refractivity contribution in [1.82, 2.24) is 8.87 Å². The molecule has 0 N–H and O–H groups in total. The lowest BCUT2D eigenvalue weighted by Crippen LogP contribution is -2.36. The van der Waals surface area contributed by atoms with Crippen LogP contribution in [0.1, 0.15) is 19.5 Å². The van der Waals surface area contributed by atoms with Gasteiger partial charge >= 0.3 is 0 Å². The molecule has 5 heteroatoms. The predicted octanol–water partition coefficient (Wildman–Crippen LogP) is 3.78. The summed E-state index contributed by atoms with van der Waals surface area (Å²) in [7, 11) is -1.64. The van der Waals surface area contributed by atoms with E-state index in [1.165, 1.54) is 0 Å². The zero-order chi connectivity index (χ0) is 17.3. The molecule has 4 nitrogen and oxygen atoms in total. The minimum absolute atomic E-state index is 0.128. The summed E-state index contributed by atoms with van der Waals surface area (Å²) in [6.07, 6.45) is 1.93. The maximum absolute atomic E-state index is 13.2. The van der Waals surface area contributed by atoms with Gasteiger partial charge in [-0.3, -0.25) is 0 Å². The Morgan fingerprint density at radius 2 is 1.71 bits per heavy atom. The van der Waals surface area contributed by atoms with Crippen LogP contribution in [0.4, 0.5) is 0 Å². The molecule has 0 aliphatic rings. The molecule has 126 valence electrons. The van der Waals surface area contributed by atoms with Crippen molar-refractivity contribution in [3.63, 3.8) is 0 Å². The van der Waals surface area contributed by atoms with Crippen LogP contribution in [0.15, 0.2) is 65.7 Å². The molecule has 3 aromatic rings. The monoisotopic (exact) mass is 342 g/mol. The van der Waals surface area contributed by atoms with E-state index in [4.69, 9.17) is 0 Å². The molecule has 1 aromatic heterocycles. The third-order valence-corrected chi connectivity index (χ3v) is 6.29. The number of aryl methyl sites for hydroxylation is 1. The molecule has 0 fully saturated rings. The van der Waals surface area contributed by atoms with Crippen LogP contribution in [0, 0.1) is 0 Å². The Morgan fingerprint density at radius 1 is 1.00 bits per heavy atom. The molecule has 0 atom stereocenters. The van der Waals surface area contributed by atoms with Crippen LogP contribution in [0.3, 0.4) is 0 Å². The first kappa shape index (κ1) is 16.7. The Morgan fingerprint density at radius 3 is 2.33 bits per heavy atom. The topological polar surface area (TPSA) is 42.3 Å². The lowest BCUT2D eigenvalue weighted by molar-refractivity contribution is 0.341. The van der Waals surface area contributed by atoms with E-state index in [-0.39, 0.29) is 6.04 Å². The second-order valence-electron chi connectivity index (χ2n) is 6.26. The molecule has 3 rings (SSSR count). The maximum atomic E-state index is 13.2. The molecule has 0 aliphatic heterocycles. The summed E-state index contributed by atoms with van der Waals surface area (Å²) < 4.78 is 29.8. The summed E-state index contributed by atoms with van der Waals surface area (Å²) in [5.74, 6) is 0. The van der Waals surface area contributed by atoms with Crippen molar-refractivity contribution in [3.8, 4) is 0 Å². The third-order valence-electron chi connectivity index (χ3n) is 4.27. The molecule has 0 bridgehead atoms. The van der Waals surface area contributed by atoms with E-state index < -0.39 is 10.0 Å². The zero-order valence-electron chi connectivity index (χ0n) is 14.2. The first-order valence-corrected chi connectivity index (χ1v) is 9.44. The van der Waals surface area contributed by atoms with Gasteiger partial charge in [-0.1, -0.05) is 30.3 Å². The van der Waals surface area contributed by atoms with Crippen LogP contribution in [-0.4, -0.2) is 23.3 Å². The van der Waals surface area contributed by atoms with Crippen LogP contribution in [0.2, 0.25) is 0 Å². The lowest BCUT2D eigenvalue weighted by Gasteiger charge is -2.26. The van der Waals surface area contributed by atoms with Crippen molar-refractivity contribution in [1.29, 1.82) is 0 Å². The molecule has 0 amide bonds. The van der Waals surface area contributed by atoms with Gasteiger partial charge in [0.25, 0.3) is 0 Å². The van der Waals surface area contributed by atoms with Crippen LogP contribution in [0.25, 0.3) is 10.8 Å². The molecule has 0 unspecified atom stereocenters. The summed E-state index contributed by atoms with van der Waals surface area (Å²) in [6.45, 7) is 4.17. The van der Waals surface area contributed by atoms with E-state index in [9.17, 15) is 8.42 Å². The van der Waals surface area contributed by atoms with Gasteiger partial charge in [-0.15, -0.1) is 0 Å². The second-order valence-corrected chi connectivity index (χ2v) is 8.15. The average molecular weight is 342 g/mol. The van der Waals surface area contributed by atoms with Gasteiger partial charge in [0, 0.05) is 25.0 Å². The molecule has 1 heterocycles. The number of benzene rings is 2. The van der Waals surface area contributed by atoms with Crippen molar-refractivity contribution in [2.75, 3.05) is 0 Å². The van der Waals surface area contributed by atoms with Gasteiger partial charge < -0.3 is 4.57 Å². The molecular weight excluding hydrogens is 320 g/mol. The molecule has 0 saturated carbocycles. The van der Waals surface area contributed by atoms with E-state index >= 15 is 0 Å². The highest BCUT2D eigenvalue weighted by atomic mass is 32.2. The van der Waals surface area contributed by atoms with Crippen molar-refractivity contribution in [2.45, 2.75) is 31.3 Å². The SMILES string of the molecule is CC(C)N(Cc1cccn1C)S(=O)(=O)c1ccc2ccccc2c1. The van der Waals surface area contributed by atoms with Gasteiger partial charge in [-0.2, -0.15) is 4.31 Å². The smallest absolute Gasteiger partial charge is 0.243 e. The fourth-order valence-electron chi connectivity index (χ4n) is 2.83. The Balaban J connectivity index is 2.02. The van der Waals surface area contributed by atoms with Gasteiger partial charge in [0.05, 0.1) is 11.4 Å². The highest BCUT2D eigenvalue weighted by Gasteiger charge is 2.27. The normalized spacial score (nSPS) is 12.4. The van der Waals surface area contributed by atoms with E-state index in [0.29, 0.717) is 11.4 Å². The van der Waals surface area contributed by atoms with Gasteiger partial charge in [0.2, 0.25) is 10.0 Å². The molecule has 24 heavy (non-hydrogen) atoms. The summed E-state index contributed by atoms with van der Waals surface area (Å²) in [6, 6.07) is 16.8. The van der Waals surface area contributed by atoms with Crippen LogP contribution in [-0.2, 0) is 23.6 Å². The van der Waals surface area contributed by atoms with E-state index in [1.54, 1.807) is 16.4 Å². The van der Waals surface area contributed by atoms with E-state index in [1.807, 2.05) is 74.1 Å². The summed E-state index contributed by atoms with van der Waals surface area (Å²) in [5, 5.41) is 1.97.